The highest BCUT2D eigenvalue weighted by Gasteiger charge is 2.31. The van der Waals surface area contributed by atoms with Crippen molar-refractivity contribution in [2.24, 2.45) is 17.6 Å². The lowest BCUT2D eigenvalue weighted by molar-refractivity contribution is -0.142. The molecule has 0 spiro atoms. The molecule has 0 fully saturated rings. The van der Waals surface area contributed by atoms with Crippen LogP contribution in [0.15, 0.2) is 0 Å². The summed E-state index contributed by atoms with van der Waals surface area (Å²) < 4.78 is 0. The second-order valence-corrected chi connectivity index (χ2v) is 7.46. The van der Waals surface area contributed by atoms with Gasteiger partial charge >= 0.3 is 5.97 Å². The van der Waals surface area contributed by atoms with Gasteiger partial charge in [0.05, 0.1) is 6.04 Å². The zero-order valence-corrected chi connectivity index (χ0v) is 18.1. The molecule has 0 bridgehead atoms. The molecular formula is C18H34N4O5S. The molecule has 6 N–H and O–H groups in total. The van der Waals surface area contributed by atoms with E-state index in [1.807, 2.05) is 20.8 Å². The van der Waals surface area contributed by atoms with Crippen LogP contribution in [0.3, 0.4) is 0 Å². The van der Waals surface area contributed by atoms with Crippen molar-refractivity contribution in [3.8, 4) is 0 Å². The number of carbonyl (C=O) groups is 4. The van der Waals surface area contributed by atoms with Crippen molar-refractivity contribution >= 4 is 36.3 Å². The summed E-state index contributed by atoms with van der Waals surface area (Å²) in [5.41, 5.74) is 5.89. The Kier molecular flexibility index (Phi) is 11.8. The molecule has 0 radical (unpaired) electrons. The van der Waals surface area contributed by atoms with E-state index in [9.17, 15) is 19.2 Å². The van der Waals surface area contributed by atoms with Crippen molar-refractivity contribution in [2.45, 2.75) is 71.6 Å². The first-order chi connectivity index (χ1) is 13.0. The lowest BCUT2D eigenvalue weighted by Gasteiger charge is -2.27. The second kappa shape index (κ2) is 12.6. The van der Waals surface area contributed by atoms with E-state index in [0.717, 1.165) is 0 Å². The van der Waals surface area contributed by atoms with E-state index in [0.29, 0.717) is 12.8 Å². The molecular weight excluding hydrogens is 384 g/mol. The number of rotatable bonds is 12. The monoisotopic (exact) mass is 418 g/mol. The Morgan fingerprint density at radius 1 is 0.893 bits per heavy atom. The molecule has 0 saturated carbocycles. The van der Waals surface area contributed by atoms with Gasteiger partial charge in [-0.25, -0.2) is 0 Å². The zero-order chi connectivity index (χ0) is 22.0. The van der Waals surface area contributed by atoms with Gasteiger partial charge in [-0.15, -0.1) is 0 Å². The molecule has 0 rings (SSSR count). The molecule has 0 saturated heterocycles. The number of thiol groups is 1. The number of nitrogens with one attached hydrogen (secondary N) is 3. The zero-order valence-electron chi connectivity index (χ0n) is 17.2. The van der Waals surface area contributed by atoms with Gasteiger partial charge in [-0.3, -0.25) is 19.2 Å². The van der Waals surface area contributed by atoms with E-state index in [1.54, 1.807) is 6.92 Å². The maximum atomic E-state index is 12.6. The Labute approximate surface area is 172 Å². The van der Waals surface area contributed by atoms with Crippen LogP contribution < -0.4 is 21.7 Å². The fraction of sp³-hybridized carbons (Fsp3) is 0.778. The quantitative estimate of drug-likeness (QED) is 0.244. The number of carbonyl (C=O) groups excluding carboxylic acids is 3. The van der Waals surface area contributed by atoms with Crippen LogP contribution in [0.5, 0.6) is 0 Å². The van der Waals surface area contributed by atoms with E-state index >= 15 is 0 Å². The normalized spacial score (nSPS) is 17.4. The Morgan fingerprint density at radius 3 is 1.86 bits per heavy atom. The molecule has 0 aliphatic rings. The fourth-order valence-corrected chi connectivity index (χ4v) is 2.55. The average Bonchev–Trinajstić information content (AvgIpc) is 2.67. The van der Waals surface area contributed by atoms with Gasteiger partial charge in [0.1, 0.15) is 18.1 Å². The highest BCUT2D eigenvalue weighted by Crippen LogP contribution is 2.10. The van der Waals surface area contributed by atoms with Crippen LogP contribution >= 0.6 is 12.6 Å². The van der Waals surface area contributed by atoms with Crippen LogP contribution in [-0.4, -0.2) is 58.7 Å². The van der Waals surface area contributed by atoms with Crippen LogP contribution in [0.4, 0.5) is 0 Å². The first kappa shape index (κ1) is 26.2. The third kappa shape index (κ3) is 8.05. The topological polar surface area (TPSA) is 151 Å². The van der Waals surface area contributed by atoms with Gasteiger partial charge in [0.2, 0.25) is 17.7 Å². The van der Waals surface area contributed by atoms with E-state index in [4.69, 9.17) is 10.8 Å². The first-order valence-corrected chi connectivity index (χ1v) is 10.1. The molecule has 10 heteroatoms. The molecule has 6 unspecified atom stereocenters. The molecule has 0 aromatic rings. The third-order valence-electron chi connectivity index (χ3n) is 4.90. The van der Waals surface area contributed by atoms with Crippen molar-refractivity contribution < 1.29 is 24.3 Å². The minimum atomic E-state index is -1.18. The molecule has 3 amide bonds. The molecule has 0 aromatic carbocycles. The van der Waals surface area contributed by atoms with Crippen molar-refractivity contribution in [1.82, 2.24) is 16.0 Å². The standard InChI is InChI=1S/C18H34N4O5S/c1-6-9(3)13(19)16(24)21-12(8-28)15(23)22-14(10(4)7-2)17(25)20-11(5)18(26)27/h9-14,28H,6-8,19H2,1-5H3,(H,20,25)(H,21,24)(H,22,23)(H,26,27). The average molecular weight is 419 g/mol. The van der Waals surface area contributed by atoms with Gasteiger partial charge in [0, 0.05) is 5.75 Å². The van der Waals surface area contributed by atoms with Gasteiger partial charge in [0.25, 0.3) is 0 Å². The predicted molar refractivity (Wildman–Crippen MR) is 110 cm³/mol. The molecule has 0 heterocycles. The maximum Gasteiger partial charge on any atom is 0.325 e. The van der Waals surface area contributed by atoms with E-state index < -0.39 is 47.9 Å². The summed E-state index contributed by atoms with van der Waals surface area (Å²) in [7, 11) is 0. The smallest absolute Gasteiger partial charge is 0.325 e. The summed E-state index contributed by atoms with van der Waals surface area (Å²) >= 11 is 4.11. The van der Waals surface area contributed by atoms with Crippen LogP contribution in [0.25, 0.3) is 0 Å². The number of hydrogen-bond donors (Lipinski definition) is 6. The van der Waals surface area contributed by atoms with E-state index in [-0.39, 0.29) is 17.6 Å². The lowest BCUT2D eigenvalue weighted by atomic mass is 9.97. The Hall–Kier alpha value is -1.81. The van der Waals surface area contributed by atoms with E-state index in [1.165, 1.54) is 6.92 Å². The molecule has 9 nitrogen and oxygen atoms in total. The molecule has 162 valence electrons. The molecule has 0 aliphatic heterocycles. The van der Waals surface area contributed by atoms with Crippen LogP contribution in [0.2, 0.25) is 0 Å². The number of hydrogen-bond acceptors (Lipinski definition) is 6. The molecule has 0 aliphatic carbocycles. The Bertz CT molecular complexity index is 560. The summed E-state index contributed by atoms with van der Waals surface area (Å²) in [6, 6.07) is -3.76. The Balaban J connectivity index is 5.18. The first-order valence-electron chi connectivity index (χ1n) is 9.50. The minimum Gasteiger partial charge on any atom is -0.480 e. The summed E-state index contributed by atoms with van der Waals surface area (Å²) in [4.78, 5) is 48.3. The van der Waals surface area contributed by atoms with Crippen LogP contribution in [0.1, 0.15) is 47.5 Å². The number of carboxylic acid groups (broad SMARTS) is 1. The fourth-order valence-electron chi connectivity index (χ4n) is 2.30. The number of nitrogens with two attached hydrogens (primary N) is 1. The van der Waals surface area contributed by atoms with Crippen molar-refractivity contribution in [1.29, 1.82) is 0 Å². The van der Waals surface area contributed by atoms with Gasteiger partial charge in [-0.05, 0) is 18.8 Å². The van der Waals surface area contributed by atoms with Crippen LogP contribution in [-0.2, 0) is 19.2 Å². The maximum absolute atomic E-state index is 12.6. The number of aliphatic carboxylic acids is 1. The van der Waals surface area contributed by atoms with E-state index in [2.05, 4.69) is 28.6 Å². The number of carboxylic acids is 1. The van der Waals surface area contributed by atoms with Crippen LogP contribution in [0, 0.1) is 11.8 Å². The third-order valence-corrected chi connectivity index (χ3v) is 5.26. The largest absolute Gasteiger partial charge is 0.480 e. The number of amides is 3. The summed E-state index contributed by atoms with van der Waals surface area (Å²) in [6.45, 7) is 8.70. The minimum absolute atomic E-state index is 0.0190. The van der Waals surface area contributed by atoms with Gasteiger partial charge < -0.3 is 26.8 Å². The predicted octanol–water partition coefficient (Wildman–Crippen LogP) is -0.105. The highest BCUT2D eigenvalue weighted by molar-refractivity contribution is 7.80. The highest BCUT2D eigenvalue weighted by atomic mass is 32.1. The van der Waals surface area contributed by atoms with Gasteiger partial charge in [-0.2, -0.15) is 12.6 Å². The summed E-state index contributed by atoms with van der Waals surface area (Å²) in [6.07, 6.45) is 1.29. The van der Waals surface area contributed by atoms with Crippen molar-refractivity contribution in [3.05, 3.63) is 0 Å². The van der Waals surface area contributed by atoms with Crippen molar-refractivity contribution in [2.75, 3.05) is 5.75 Å². The Morgan fingerprint density at radius 2 is 1.43 bits per heavy atom. The second-order valence-electron chi connectivity index (χ2n) is 7.10. The van der Waals surface area contributed by atoms with Gasteiger partial charge in [-0.1, -0.05) is 40.5 Å². The van der Waals surface area contributed by atoms with Gasteiger partial charge in [0.15, 0.2) is 0 Å². The van der Waals surface area contributed by atoms with Crippen molar-refractivity contribution in [3.63, 3.8) is 0 Å². The molecule has 6 atom stereocenters. The summed E-state index contributed by atoms with van der Waals surface area (Å²) in [5, 5.41) is 16.5. The molecule has 0 aromatic heterocycles. The SMILES string of the molecule is CCC(C)C(N)C(=O)NC(CS)C(=O)NC(C(=O)NC(C)C(=O)O)C(C)CC. The lowest BCUT2D eigenvalue weighted by Crippen LogP contribution is -2.59. The molecule has 28 heavy (non-hydrogen) atoms. The summed E-state index contributed by atoms with van der Waals surface area (Å²) in [5.74, 6) is -3.11.